The monoisotopic (exact) mass is 562 g/mol. The van der Waals surface area contributed by atoms with Crippen LogP contribution in [0.1, 0.15) is 206 Å². The highest BCUT2D eigenvalue weighted by Gasteiger charge is 2.23. The van der Waals surface area contributed by atoms with E-state index in [2.05, 4.69) is 38.2 Å². The van der Waals surface area contributed by atoms with E-state index in [1.54, 1.807) is 0 Å². The maximum atomic E-state index is 10.9. The van der Waals surface area contributed by atoms with Gasteiger partial charge in [0.2, 0.25) is 0 Å². The van der Waals surface area contributed by atoms with Crippen LogP contribution in [0.5, 0.6) is 0 Å². The van der Waals surface area contributed by atoms with Gasteiger partial charge in [0.05, 0.1) is 5.60 Å². The molecule has 40 heavy (non-hydrogen) atoms. The Kier molecular flexibility index (Phi) is 32.4. The van der Waals surface area contributed by atoms with Gasteiger partial charge in [-0.1, -0.05) is 167 Å². The van der Waals surface area contributed by atoms with Crippen LogP contribution in [0, 0.1) is 0 Å². The third-order valence-corrected chi connectivity index (χ3v) is 8.69. The molecule has 0 aromatic heterocycles. The van der Waals surface area contributed by atoms with Gasteiger partial charge < -0.3 is 10.8 Å². The molecule has 2 nitrogen and oxygen atoms in total. The van der Waals surface area contributed by atoms with Crippen molar-refractivity contribution in [2.24, 2.45) is 5.73 Å². The molecule has 238 valence electrons. The van der Waals surface area contributed by atoms with Gasteiger partial charge in [0, 0.05) is 6.54 Å². The second kappa shape index (κ2) is 32.9. The van der Waals surface area contributed by atoms with Crippen molar-refractivity contribution >= 4 is 0 Å². The van der Waals surface area contributed by atoms with Crippen molar-refractivity contribution in [1.29, 1.82) is 0 Å². The summed E-state index contributed by atoms with van der Waals surface area (Å²) in [5.74, 6) is 0. The average Bonchev–Trinajstić information content (AvgIpc) is 2.96. The van der Waals surface area contributed by atoms with E-state index in [9.17, 15) is 5.11 Å². The molecule has 0 aromatic rings. The normalized spacial score (nSPS) is 13.6. The first-order chi connectivity index (χ1) is 19.7. The highest BCUT2D eigenvalue weighted by atomic mass is 16.3. The second-order valence-electron chi connectivity index (χ2n) is 12.8. The van der Waals surface area contributed by atoms with Gasteiger partial charge in [0.25, 0.3) is 0 Å². The lowest BCUT2D eigenvalue weighted by molar-refractivity contribution is 0.0264. The fourth-order valence-corrected chi connectivity index (χ4v) is 5.73. The van der Waals surface area contributed by atoms with Crippen molar-refractivity contribution < 1.29 is 5.11 Å². The predicted molar refractivity (Wildman–Crippen MR) is 182 cm³/mol. The number of allylic oxidation sites excluding steroid dienone is 4. The van der Waals surface area contributed by atoms with Crippen molar-refractivity contribution in [3.8, 4) is 0 Å². The summed E-state index contributed by atoms with van der Waals surface area (Å²) in [5.41, 5.74) is 5.35. The molecule has 0 rings (SSSR count). The Morgan fingerprint density at radius 1 is 0.400 bits per heavy atom. The molecule has 0 amide bonds. The standard InChI is InChI=1S/C38H75NO/c1-3-5-7-9-11-13-15-17-19-21-23-25-27-29-31-33-35-38(40,37-39)36-34-32-30-28-26-24-22-20-18-16-14-12-10-8-6-4-2/h17-20,40H,3-16,21-37,39H2,1-2H3. The quantitative estimate of drug-likeness (QED) is 0.0618. The van der Waals surface area contributed by atoms with E-state index in [1.807, 2.05) is 0 Å². The Bertz CT molecular complexity index is 484. The van der Waals surface area contributed by atoms with Crippen LogP contribution in [0.3, 0.4) is 0 Å². The van der Waals surface area contributed by atoms with Crippen LogP contribution in [-0.2, 0) is 0 Å². The molecule has 0 saturated carbocycles. The molecule has 0 atom stereocenters. The first-order valence-electron chi connectivity index (χ1n) is 18.4. The summed E-state index contributed by atoms with van der Waals surface area (Å²) in [6.07, 6.45) is 48.5. The topological polar surface area (TPSA) is 46.2 Å². The van der Waals surface area contributed by atoms with Gasteiger partial charge in [-0.25, -0.2) is 0 Å². The maximum Gasteiger partial charge on any atom is 0.0769 e. The SMILES string of the molecule is CCCCCCCCC=CCCCCCCCCC(O)(CN)CCCCCCCCC=CCCCCCCCC. The van der Waals surface area contributed by atoms with Crippen LogP contribution in [0.25, 0.3) is 0 Å². The molecule has 0 aliphatic heterocycles. The minimum atomic E-state index is -0.623. The highest BCUT2D eigenvalue weighted by Crippen LogP contribution is 2.23. The summed E-state index contributed by atoms with van der Waals surface area (Å²) in [6.45, 7) is 4.99. The Morgan fingerprint density at radius 2 is 0.650 bits per heavy atom. The van der Waals surface area contributed by atoms with Crippen molar-refractivity contribution in [1.82, 2.24) is 0 Å². The summed E-state index contributed by atoms with van der Waals surface area (Å²) in [6, 6.07) is 0. The minimum Gasteiger partial charge on any atom is -0.389 e. The summed E-state index contributed by atoms with van der Waals surface area (Å²) in [5, 5.41) is 10.9. The van der Waals surface area contributed by atoms with E-state index in [1.165, 1.54) is 167 Å². The van der Waals surface area contributed by atoms with Crippen LogP contribution in [0.4, 0.5) is 0 Å². The molecular formula is C38H75NO. The van der Waals surface area contributed by atoms with Gasteiger partial charge in [0.1, 0.15) is 0 Å². The molecule has 0 bridgehead atoms. The predicted octanol–water partition coefficient (Wildman–Crippen LogP) is 12.5. The van der Waals surface area contributed by atoms with Crippen molar-refractivity contribution in [3.05, 3.63) is 24.3 Å². The fraction of sp³-hybridized carbons (Fsp3) is 0.895. The molecule has 0 unspecified atom stereocenters. The van der Waals surface area contributed by atoms with E-state index >= 15 is 0 Å². The van der Waals surface area contributed by atoms with Crippen LogP contribution < -0.4 is 5.73 Å². The average molecular weight is 562 g/mol. The Balaban J connectivity index is 3.48. The zero-order chi connectivity index (χ0) is 29.2. The highest BCUT2D eigenvalue weighted by molar-refractivity contribution is 4.82. The Hall–Kier alpha value is -0.600. The lowest BCUT2D eigenvalue weighted by Crippen LogP contribution is -2.37. The molecule has 0 spiro atoms. The van der Waals surface area contributed by atoms with Gasteiger partial charge in [-0.3, -0.25) is 0 Å². The second-order valence-corrected chi connectivity index (χ2v) is 12.8. The fourth-order valence-electron chi connectivity index (χ4n) is 5.73. The van der Waals surface area contributed by atoms with Gasteiger partial charge in [0.15, 0.2) is 0 Å². The molecule has 0 aromatic carbocycles. The number of hydrogen-bond donors (Lipinski definition) is 2. The zero-order valence-electron chi connectivity index (χ0n) is 27.8. The smallest absolute Gasteiger partial charge is 0.0769 e. The molecule has 0 radical (unpaired) electrons. The van der Waals surface area contributed by atoms with Crippen molar-refractivity contribution in [3.63, 3.8) is 0 Å². The van der Waals surface area contributed by atoms with Crippen LogP contribution in [0.2, 0.25) is 0 Å². The van der Waals surface area contributed by atoms with Crippen molar-refractivity contribution in [2.75, 3.05) is 6.54 Å². The summed E-state index contributed by atoms with van der Waals surface area (Å²) < 4.78 is 0. The molecular weight excluding hydrogens is 486 g/mol. The van der Waals surface area contributed by atoms with E-state index in [0.29, 0.717) is 6.54 Å². The van der Waals surface area contributed by atoms with Crippen LogP contribution in [0.15, 0.2) is 24.3 Å². The van der Waals surface area contributed by atoms with Crippen LogP contribution in [-0.4, -0.2) is 17.3 Å². The largest absolute Gasteiger partial charge is 0.389 e. The lowest BCUT2D eigenvalue weighted by Gasteiger charge is -2.26. The number of hydrogen-bond acceptors (Lipinski definition) is 2. The van der Waals surface area contributed by atoms with Crippen LogP contribution >= 0.6 is 0 Å². The summed E-state index contributed by atoms with van der Waals surface area (Å²) >= 11 is 0. The first-order valence-corrected chi connectivity index (χ1v) is 18.4. The van der Waals surface area contributed by atoms with Gasteiger partial charge in [-0.05, 0) is 64.2 Å². The number of aliphatic hydroxyl groups is 1. The molecule has 0 aliphatic rings. The van der Waals surface area contributed by atoms with Gasteiger partial charge in [-0.2, -0.15) is 0 Å². The maximum absolute atomic E-state index is 10.9. The summed E-state index contributed by atoms with van der Waals surface area (Å²) in [7, 11) is 0. The number of unbranched alkanes of at least 4 members (excludes halogenated alkanes) is 24. The minimum absolute atomic E-state index is 0.420. The van der Waals surface area contributed by atoms with E-state index in [-0.39, 0.29) is 0 Å². The number of nitrogens with two attached hydrogens (primary N) is 1. The lowest BCUT2D eigenvalue weighted by atomic mass is 9.89. The van der Waals surface area contributed by atoms with E-state index in [0.717, 1.165) is 25.7 Å². The number of rotatable bonds is 33. The third-order valence-electron chi connectivity index (χ3n) is 8.69. The van der Waals surface area contributed by atoms with E-state index in [4.69, 9.17) is 5.73 Å². The molecule has 2 heteroatoms. The molecule has 0 fully saturated rings. The van der Waals surface area contributed by atoms with E-state index < -0.39 is 5.60 Å². The summed E-state index contributed by atoms with van der Waals surface area (Å²) in [4.78, 5) is 0. The molecule has 0 aliphatic carbocycles. The third kappa shape index (κ3) is 30.4. The van der Waals surface area contributed by atoms with Crippen molar-refractivity contribution in [2.45, 2.75) is 212 Å². The van der Waals surface area contributed by atoms with Gasteiger partial charge >= 0.3 is 0 Å². The molecule has 0 heterocycles. The Morgan fingerprint density at radius 3 is 0.925 bits per heavy atom. The molecule has 0 saturated heterocycles. The van der Waals surface area contributed by atoms with Gasteiger partial charge in [-0.15, -0.1) is 0 Å². The molecule has 3 N–H and O–H groups in total. The first kappa shape index (κ1) is 39.4. The Labute approximate surface area is 253 Å². The zero-order valence-corrected chi connectivity index (χ0v) is 27.8.